The molecular formula is C13H11N3O3. The van der Waals surface area contributed by atoms with E-state index in [0.717, 1.165) is 10.9 Å². The first-order chi connectivity index (χ1) is 9.29. The Morgan fingerprint density at radius 2 is 2.26 bits per heavy atom. The smallest absolute Gasteiger partial charge is 0.356 e. The Bertz CT molecular complexity index is 729. The van der Waals surface area contributed by atoms with Crippen LogP contribution in [0.5, 0.6) is 0 Å². The lowest BCUT2D eigenvalue weighted by Gasteiger charge is -1.95. The van der Waals surface area contributed by atoms with E-state index in [0.29, 0.717) is 18.1 Å². The van der Waals surface area contributed by atoms with Crippen molar-refractivity contribution in [2.24, 2.45) is 0 Å². The topological polar surface area (TPSA) is 81.0 Å². The summed E-state index contributed by atoms with van der Waals surface area (Å²) in [4.78, 5) is 11.6. The number of aromatic nitrogens is 3. The Morgan fingerprint density at radius 1 is 1.42 bits per heavy atom. The molecule has 0 atom stereocenters. The zero-order chi connectivity index (χ0) is 13.2. The molecule has 0 saturated carbocycles. The molecule has 0 fully saturated rings. The molecular weight excluding hydrogens is 246 g/mol. The van der Waals surface area contributed by atoms with E-state index < -0.39 is 5.97 Å². The first kappa shape index (κ1) is 11.5. The van der Waals surface area contributed by atoms with Crippen LogP contribution in [-0.2, 0) is 4.74 Å². The third-order valence-corrected chi connectivity index (χ3v) is 2.69. The van der Waals surface area contributed by atoms with Crippen molar-refractivity contribution in [2.45, 2.75) is 6.92 Å². The van der Waals surface area contributed by atoms with Crippen molar-refractivity contribution in [3.8, 4) is 11.5 Å². The number of fused-ring (bicyclic) bond motifs is 1. The van der Waals surface area contributed by atoms with E-state index in [9.17, 15) is 4.79 Å². The number of ether oxygens (including phenoxy) is 1. The molecule has 2 heterocycles. The molecule has 2 aromatic heterocycles. The highest BCUT2D eigenvalue weighted by Crippen LogP contribution is 2.27. The van der Waals surface area contributed by atoms with Crippen LogP contribution in [0.25, 0.3) is 22.4 Å². The van der Waals surface area contributed by atoms with Crippen molar-refractivity contribution in [3.63, 3.8) is 0 Å². The van der Waals surface area contributed by atoms with Gasteiger partial charge in [0.1, 0.15) is 16.9 Å². The monoisotopic (exact) mass is 257 g/mol. The highest BCUT2D eigenvalue weighted by molar-refractivity contribution is 5.93. The van der Waals surface area contributed by atoms with Crippen LogP contribution in [0, 0.1) is 0 Å². The number of rotatable bonds is 3. The minimum Gasteiger partial charge on any atom is -0.461 e. The Balaban J connectivity index is 2.01. The van der Waals surface area contributed by atoms with Gasteiger partial charge in [0.15, 0.2) is 5.76 Å². The van der Waals surface area contributed by atoms with Gasteiger partial charge < -0.3 is 9.26 Å². The lowest BCUT2D eigenvalue weighted by molar-refractivity contribution is 0.0519. The summed E-state index contributed by atoms with van der Waals surface area (Å²) in [6.45, 7) is 2.07. The van der Waals surface area contributed by atoms with Crippen LogP contribution in [0.4, 0.5) is 0 Å². The Labute approximate surface area is 108 Å². The normalized spacial score (nSPS) is 10.8. The molecule has 0 aliphatic heterocycles. The molecule has 0 unspecified atom stereocenters. The van der Waals surface area contributed by atoms with E-state index in [1.54, 1.807) is 13.0 Å². The maximum absolute atomic E-state index is 11.6. The van der Waals surface area contributed by atoms with E-state index in [-0.39, 0.29) is 5.69 Å². The highest BCUT2D eigenvalue weighted by atomic mass is 16.5. The minimum absolute atomic E-state index is 0.289. The van der Waals surface area contributed by atoms with Gasteiger partial charge in [-0.05, 0) is 19.1 Å². The largest absolute Gasteiger partial charge is 0.461 e. The average molecular weight is 257 g/mol. The van der Waals surface area contributed by atoms with Gasteiger partial charge in [-0.1, -0.05) is 17.3 Å². The van der Waals surface area contributed by atoms with Gasteiger partial charge in [-0.2, -0.15) is 5.10 Å². The molecule has 0 saturated heterocycles. The lowest BCUT2D eigenvalue weighted by Crippen LogP contribution is -2.04. The van der Waals surface area contributed by atoms with Crippen LogP contribution in [0.2, 0.25) is 0 Å². The van der Waals surface area contributed by atoms with E-state index in [2.05, 4.69) is 15.4 Å². The molecule has 0 amide bonds. The van der Waals surface area contributed by atoms with Gasteiger partial charge >= 0.3 is 5.97 Å². The zero-order valence-electron chi connectivity index (χ0n) is 10.2. The fourth-order valence-corrected chi connectivity index (χ4v) is 1.83. The molecule has 0 aliphatic carbocycles. The second-order valence-corrected chi connectivity index (χ2v) is 3.92. The van der Waals surface area contributed by atoms with Crippen LogP contribution in [-0.4, -0.2) is 27.9 Å². The fourth-order valence-electron chi connectivity index (χ4n) is 1.83. The number of esters is 1. The second kappa shape index (κ2) is 4.56. The molecule has 3 rings (SSSR count). The summed E-state index contributed by atoms with van der Waals surface area (Å²) >= 11 is 0. The van der Waals surface area contributed by atoms with Crippen molar-refractivity contribution < 1.29 is 14.1 Å². The number of nitrogens with zero attached hydrogens (tertiary/aromatic N) is 2. The number of nitrogens with one attached hydrogen (secondary N) is 1. The van der Waals surface area contributed by atoms with E-state index in [1.807, 2.05) is 24.3 Å². The second-order valence-electron chi connectivity index (χ2n) is 3.92. The first-order valence-electron chi connectivity index (χ1n) is 5.87. The number of benzene rings is 1. The summed E-state index contributed by atoms with van der Waals surface area (Å²) in [5, 5.41) is 11.5. The molecule has 1 aromatic carbocycles. The van der Waals surface area contributed by atoms with Crippen LogP contribution < -0.4 is 0 Å². The summed E-state index contributed by atoms with van der Waals surface area (Å²) in [6, 6.07) is 9.09. The van der Waals surface area contributed by atoms with Crippen molar-refractivity contribution in [2.75, 3.05) is 6.61 Å². The molecule has 3 aromatic rings. The van der Waals surface area contributed by atoms with Gasteiger partial charge in [0, 0.05) is 6.07 Å². The van der Waals surface area contributed by atoms with E-state index in [4.69, 9.17) is 9.26 Å². The molecule has 19 heavy (non-hydrogen) atoms. The summed E-state index contributed by atoms with van der Waals surface area (Å²) in [5.41, 5.74) is 1.56. The van der Waals surface area contributed by atoms with Gasteiger partial charge in [-0.15, -0.1) is 0 Å². The maximum atomic E-state index is 11.6. The quantitative estimate of drug-likeness (QED) is 0.728. The Kier molecular flexibility index (Phi) is 2.75. The van der Waals surface area contributed by atoms with Crippen LogP contribution in [0.3, 0.4) is 0 Å². The van der Waals surface area contributed by atoms with Gasteiger partial charge in [-0.3, -0.25) is 5.10 Å². The number of H-pyrrole nitrogens is 1. The maximum Gasteiger partial charge on any atom is 0.356 e. The Hall–Kier alpha value is -2.63. The third-order valence-electron chi connectivity index (χ3n) is 2.69. The number of hydrogen-bond acceptors (Lipinski definition) is 5. The number of carbonyl (C=O) groups is 1. The highest BCUT2D eigenvalue weighted by Gasteiger charge is 2.16. The van der Waals surface area contributed by atoms with Crippen molar-refractivity contribution in [1.82, 2.24) is 15.4 Å². The van der Waals surface area contributed by atoms with Gasteiger partial charge in [0.2, 0.25) is 0 Å². The summed E-state index contributed by atoms with van der Waals surface area (Å²) in [5.74, 6) is 0.0902. The summed E-state index contributed by atoms with van der Waals surface area (Å²) < 4.78 is 10.2. The van der Waals surface area contributed by atoms with Crippen molar-refractivity contribution in [3.05, 3.63) is 36.0 Å². The first-order valence-corrected chi connectivity index (χ1v) is 5.87. The lowest BCUT2D eigenvalue weighted by atomic mass is 10.2. The predicted molar refractivity (Wildman–Crippen MR) is 67.5 cm³/mol. The summed E-state index contributed by atoms with van der Waals surface area (Å²) in [6.07, 6.45) is 0. The molecule has 96 valence electrons. The van der Waals surface area contributed by atoms with E-state index >= 15 is 0 Å². The van der Waals surface area contributed by atoms with Gasteiger partial charge in [0.25, 0.3) is 0 Å². The molecule has 6 nitrogen and oxygen atoms in total. The number of hydrogen-bond donors (Lipinski definition) is 1. The molecule has 0 spiro atoms. The molecule has 6 heteroatoms. The molecule has 0 bridgehead atoms. The van der Waals surface area contributed by atoms with Crippen LogP contribution in [0.1, 0.15) is 17.4 Å². The van der Waals surface area contributed by atoms with Gasteiger partial charge in [0.05, 0.1) is 12.0 Å². The predicted octanol–water partition coefficient (Wildman–Crippen LogP) is 2.39. The van der Waals surface area contributed by atoms with E-state index in [1.165, 1.54) is 0 Å². The van der Waals surface area contributed by atoms with Crippen LogP contribution >= 0.6 is 0 Å². The van der Waals surface area contributed by atoms with Crippen molar-refractivity contribution in [1.29, 1.82) is 0 Å². The number of aromatic amines is 1. The van der Waals surface area contributed by atoms with Crippen LogP contribution in [0.15, 0.2) is 34.9 Å². The standard InChI is InChI=1S/C13H11N3O3/c1-2-18-13(17)11-7-10(14-15-11)12-8-5-3-4-6-9(8)16-19-12/h3-7H,2H2,1H3,(H,14,15). The summed E-state index contributed by atoms with van der Waals surface area (Å²) in [7, 11) is 0. The SMILES string of the molecule is CCOC(=O)c1cc(-c2onc3ccccc23)n[nH]1. The van der Waals surface area contributed by atoms with Gasteiger partial charge in [-0.25, -0.2) is 4.79 Å². The molecule has 0 aliphatic rings. The minimum atomic E-state index is -0.440. The van der Waals surface area contributed by atoms with Crippen molar-refractivity contribution >= 4 is 16.9 Å². The molecule has 1 N–H and O–H groups in total. The fraction of sp³-hybridized carbons (Fsp3) is 0.154. The number of carbonyl (C=O) groups excluding carboxylic acids is 1. The zero-order valence-corrected chi connectivity index (χ0v) is 10.2. The molecule has 0 radical (unpaired) electrons. The third kappa shape index (κ3) is 1.97. The average Bonchev–Trinajstić information content (AvgIpc) is 3.05. The Morgan fingerprint density at radius 3 is 3.11 bits per heavy atom.